The van der Waals surface area contributed by atoms with Crippen molar-refractivity contribution in [2.45, 2.75) is 17.9 Å². The van der Waals surface area contributed by atoms with E-state index >= 15 is 0 Å². The smallest absolute Gasteiger partial charge is 0.373 e. The van der Waals surface area contributed by atoms with Gasteiger partial charge in [0.2, 0.25) is 5.76 Å². The van der Waals surface area contributed by atoms with Crippen LogP contribution in [0, 0.1) is 0 Å². The fourth-order valence-electron chi connectivity index (χ4n) is 1.87. The monoisotopic (exact) mass is 386 g/mol. The van der Waals surface area contributed by atoms with Crippen LogP contribution in [0.15, 0.2) is 45.7 Å². The predicted octanol–water partition coefficient (Wildman–Crippen LogP) is 2.63. The summed E-state index contributed by atoms with van der Waals surface area (Å²) in [5, 5.41) is 0.420. The molecule has 2 rings (SSSR count). The number of hydrogen-bond acceptors (Lipinski definition) is 7. The fraction of sp³-hybridized carbons (Fsp3) is 0.250. The van der Waals surface area contributed by atoms with E-state index in [0.717, 1.165) is 0 Å². The van der Waals surface area contributed by atoms with Gasteiger partial charge >= 0.3 is 11.9 Å². The molecule has 25 heavy (non-hydrogen) atoms. The minimum atomic E-state index is -3.61. The van der Waals surface area contributed by atoms with E-state index in [4.69, 9.17) is 20.8 Å². The quantitative estimate of drug-likeness (QED) is 0.674. The van der Waals surface area contributed by atoms with E-state index < -0.39 is 21.8 Å². The van der Waals surface area contributed by atoms with Crippen LogP contribution in [-0.2, 0) is 30.7 Å². The summed E-state index contributed by atoms with van der Waals surface area (Å²) in [7, 11) is -2.40. The first-order valence-corrected chi connectivity index (χ1v) is 9.16. The Labute approximate surface area is 149 Å². The molecule has 134 valence electrons. The molecule has 0 aliphatic carbocycles. The maximum atomic E-state index is 12.1. The number of methoxy groups -OCH3 is 1. The van der Waals surface area contributed by atoms with Gasteiger partial charge in [-0.3, -0.25) is 4.79 Å². The number of rotatable bonds is 7. The maximum absolute atomic E-state index is 12.1. The number of carbonyl (C=O) groups excluding carboxylic acids is 2. The Morgan fingerprint density at radius 1 is 1.12 bits per heavy atom. The lowest BCUT2D eigenvalue weighted by atomic mass is 10.4. The molecule has 1 aromatic carbocycles. The molecule has 1 heterocycles. The average molecular weight is 387 g/mol. The van der Waals surface area contributed by atoms with E-state index in [1.165, 1.54) is 43.5 Å². The van der Waals surface area contributed by atoms with Crippen LogP contribution in [0.1, 0.15) is 22.7 Å². The fourth-order valence-corrected chi connectivity index (χ4v) is 3.21. The summed E-state index contributed by atoms with van der Waals surface area (Å²) in [6.07, 6.45) is -0.310. The molecule has 0 atom stereocenters. The molecule has 0 spiro atoms. The Morgan fingerprint density at radius 3 is 2.44 bits per heavy atom. The molecule has 0 radical (unpaired) electrons. The van der Waals surface area contributed by atoms with Crippen molar-refractivity contribution in [1.29, 1.82) is 0 Å². The van der Waals surface area contributed by atoms with E-state index in [9.17, 15) is 18.0 Å². The summed E-state index contributed by atoms with van der Waals surface area (Å²) in [6, 6.07) is 8.52. The number of benzene rings is 1. The van der Waals surface area contributed by atoms with Gasteiger partial charge in [-0.15, -0.1) is 0 Å². The number of halogens is 1. The minimum absolute atomic E-state index is 0.0149. The van der Waals surface area contributed by atoms with Crippen LogP contribution in [0.4, 0.5) is 0 Å². The van der Waals surface area contributed by atoms with Crippen LogP contribution in [0.2, 0.25) is 5.02 Å². The number of ether oxygens (including phenoxy) is 2. The highest BCUT2D eigenvalue weighted by atomic mass is 35.5. The highest BCUT2D eigenvalue weighted by molar-refractivity contribution is 7.91. The molecule has 0 saturated heterocycles. The minimum Gasteiger partial charge on any atom is -0.463 e. The van der Waals surface area contributed by atoms with E-state index in [2.05, 4.69) is 4.74 Å². The standard InChI is InChI=1S/C16H15ClO7S/c1-22-16(19)14-7-4-12(24-14)10-23-15(18)8-9-25(20,21)13-5-2-11(17)3-6-13/h2-7H,8-10H2,1H3. The third-order valence-corrected chi connectivity index (χ3v) is 5.16. The van der Waals surface area contributed by atoms with Crippen LogP contribution < -0.4 is 0 Å². The SMILES string of the molecule is COC(=O)c1ccc(COC(=O)CCS(=O)(=O)c2ccc(Cl)cc2)o1. The van der Waals surface area contributed by atoms with Crippen molar-refractivity contribution in [2.75, 3.05) is 12.9 Å². The molecule has 0 aliphatic rings. The van der Waals surface area contributed by atoms with Gasteiger partial charge < -0.3 is 13.9 Å². The lowest BCUT2D eigenvalue weighted by Crippen LogP contribution is -2.13. The van der Waals surface area contributed by atoms with Gasteiger partial charge in [0.15, 0.2) is 9.84 Å². The summed E-state index contributed by atoms with van der Waals surface area (Å²) in [5.74, 6) is -1.51. The van der Waals surface area contributed by atoms with Crippen LogP contribution in [0.3, 0.4) is 0 Å². The lowest BCUT2D eigenvalue weighted by molar-refractivity contribution is -0.145. The van der Waals surface area contributed by atoms with E-state index in [1.54, 1.807) is 0 Å². The molecule has 0 saturated carbocycles. The summed E-state index contributed by atoms with van der Waals surface area (Å²) < 4.78 is 38.8. The zero-order valence-electron chi connectivity index (χ0n) is 13.2. The van der Waals surface area contributed by atoms with Crippen molar-refractivity contribution in [3.63, 3.8) is 0 Å². The van der Waals surface area contributed by atoms with E-state index in [-0.39, 0.29) is 35.2 Å². The molecular weight excluding hydrogens is 372 g/mol. The molecular formula is C16H15ClO7S. The zero-order chi connectivity index (χ0) is 18.4. The van der Waals surface area contributed by atoms with Gasteiger partial charge in [-0.05, 0) is 36.4 Å². The average Bonchev–Trinajstić information content (AvgIpc) is 3.07. The van der Waals surface area contributed by atoms with Gasteiger partial charge in [-0.25, -0.2) is 13.2 Å². The number of esters is 2. The topological polar surface area (TPSA) is 99.9 Å². The molecule has 7 nitrogen and oxygen atoms in total. The molecule has 0 amide bonds. The number of carbonyl (C=O) groups is 2. The van der Waals surface area contributed by atoms with Crippen molar-refractivity contribution in [3.05, 3.63) is 52.9 Å². The molecule has 9 heteroatoms. The van der Waals surface area contributed by atoms with Crippen LogP contribution >= 0.6 is 11.6 Å². The first kappa shape index (κ1) is 19.0. The van der Waals surface area contributed by atoms with E-state index in [0.29, 0.717) is 5.02 Å². The Morgan fingerprint density at radius 2 is 1.80 bits per heavy atom. The molecule has 1 aromatic heterocycles. The first-order chi connectivity index (χ1) is 11.8. The van der Waals surface area contributed by atoms with Gasteiger partial charge in [0.25, 0.3) is 0 Å². The predicted molar refractivity (Wildman–Crippen MR) is 88.0 cm³/mol. The highest BCUT2D eigenvalue weighted by Gasteiger charge is 2.18. The van der Waals surface area contributed by atoms with Crippen LogP contribution in [-0.4, -0.2) is 33.2 Å². The lowest BCUT2D eigenvalue weighted by Gasteiger charge is -2.05. The molecule has 2 aromatic rings. The summed E-state index contributed by atoms with van der Waals surface area (Å²) in [4.78, 5) is 23.0. The first-order valence-electron chi connectivity index (χ1n) is 7.13. The van der Waals surface area contributed by atoms with E-state index in [1.807, 2.05) is 0 Å². The third kappa shape index (κ3) is 5.33. The molecule has 0 unspecified atom stereocenters. The highest BCUT2D eigenvalue weighted by Crippen LogP contribution is 2.16. The Balaban J connectivity index is 1.85. The van der Waals surface area contributed by atoms with Gasteiger partial charge in [-0.2, -0.15) is 0 Å². The summed E-state index contributed by atoms with van der Waals surface area (Å²) >= 11 is 5.71. The van der Waals surface area contributed by atoms with Crippen molar-refractivity contribution in [3.8, 4) is 0 Å². The Hall–Kier alpha value is -2.32. The van der Waals surface area contributed by atoms with Crippen molar-refractivity contribution >= 4 is 33.4 Å². The second-order valence-electron chi connectivity index (χ2n) is 4.94. The molecule has 0 fully saturated rings. The zero-order valence-corrected chi connectivity index (χ0v) is 14.8. The Bertz CT molecular complexity index is 853. The van der Waals surface area contributed by atoms with Gasteiger partial charge in [0.05, 0.1) is 24.2 Å². The number of furan rings is 1. The van der Waals surface area contributed by atoms with Crippen LogP contribution in [0.25, 0.3) is 0 Å². The van der Waals surface area contributed by atoms with Crippen molar-refractivity contribution in [2.24, 2.45) is 0 Å². The Kier molecular flexibility index (Phi) is 6.22. The number of sulfone groups is 1. The molecule has 0 bridgehead atoms. The molecule has 0 aliphatic heterocycles. The van der Waals surface area contributed by atoms with Crippen molar-refractivity contribution < 1.29 is 31.9 Å². The van der Waals surface area contributed by atoms with Gasteiger partial charge in [0, 0.05) is 5.02 Å². The van der Waals surface area contributed by atoms with Gasteiger partial charge in [0.1, 0.15) is 12.4 Å². The summed E-state index contributed by atoms with van der Waals surface area (Å²) in [6.45, 7) is -0.211. The largest absolute Gasteiger partial charge is 0.463 e. The maximum Gasteiger partial charge on any atom is 0.373 e. The second kappa shape index (κ2) is 8.17. The summed E-state index contributed by atoms with van der Waals surface area (Å²) in [5.41, 5.74) is 0. The molecule has 0 N–H and O–H groups in total. The van der Waals surface area contributed by atoms with Crippen molar-refractivity contribution in [1.82, 2.24) is 0 Å². The second-order valence-corrected chi connectivity index (χ2v) is 7.49. The number of hydrogen-bond donors (Lipinski definition) is 0. The third-order valence-electron chi connectivity index (χ3n) is 3.17. The van der Waals surface area contributed by atoms with Gasteiger partial charge in [-0.1, -0.05) is 11.6 Å². The van der Waals surface area contributed by atoms with Crippen LogP contribution in [0.5, 0.6) is 0 Å². The normalized spacial score (nSPS) is 11.1.